The van der Waals surface area contributed by atoms with Gasteiger partial charge in [-0.2, -0.15) is 5.10 Å². The minimum absolute atomic E-state index is 0.0379. The molecule has 1 aromatic carbocycles. The van der Waals surface area contributed by atoms with Crippen LogP contribution in [0.2, 0.25) is 0 Å². The Morgan fingerprint density at radius 1 is 1.42 bits per heavy atom. The van der Waals surface area contributed by atoms with Crippen molar-refractivity contribution in [3.63, 3.8) is 0 Å². The van der Waals surface area contributed by atoms with E-state index < -0.39 is 5.97 Å². The van der Waals surface area contributed by atoms with E-state index >= 15 is 0 Å². The first kappa shape index (κ1) is 12.9. The molecule has 100 valence electrons. The molecule has 0 amide bonds. The summed E-state index contributed by atoms with van der Waals surface area (Å²) in [6.07, 6.45) is 0. The summed E-state index contributed by atoms with van der Waals surface area (Å²) in [5, 5.41) is 22.7. The number of benzene rings is 1. The predicted octanol–water partition coefficient (Wildman–Crippen LogP) is 1.89. The van der Waals surface area contributed by atoms with Crippen molar-refractivity contribution in [2.45, 2.75) is 20.1 Å². The summed E-state index contributed by atoms with van der Waals surface area (Å²) >= 11 is 0. The topological polar surface area (TPSA) is 84.6 Å². The van der Waals surface area contributed by atoms with Crippen LogP contribution >= 0.6 is 0 Å². The Balaban J connectivity index is 2.12. The van der Waals surface area contributed by atoms with Crippen molar-refractivity contribution in [2.75, 3.05) is 0 Å². The van der Waals surface area contributed by atoms with Crippen LogP contribution in [-0.4, -0.2) is 26.0 Å². The third-order valence-corrected chi connectivity index (χ3v) is 2.59. The molecule has 2 N–H and O–H groups in total. The number of hydrogen-bond acceptors (Lipinski definition) is 4. The van der Waals surface area contributed by atoms with E-state index in [9.17, 15) is 9.90 Å². The predicted molar refractivity (Wildman–Crippen MR) is 67.3 cm³/mol. The van der Waals surface area contributed by atoms with Crippen LogP contribution in [0.4, 0.5) is 0 Å². The normalized spacial score (nSPS) is 10.4. The maximum atomic E-state index is 11.0. The fourth-order valence-electron chi connectivity index (χ4n) is 1.68. The van der Waals surface area contributed by atoms with Gasteiger partial charge in [-0.1, -0.05) is 12.1 Å². The van der Waals surface area contributed by atoms with Gasteiger partial charge < -0.3 is 14.9 Å². The highest BCUT2D eigenvalue weighted by Gasteiger charge is 2.13. The van der Waals surface area contributed by atoms with E-state index in [1.54, 1.807) is 18.2 Å². The highest BCUT2D eigenvalue weighted by molar-refractivity contribution is 5.85. The molecule has 1 aromatic heterocycles. The van der Waals surface area contributed by atoms with Gasteiger partial charge >= 0.3 is 5.97 Å². The summed E-state index contributed by atoms with van der Waals surface area (Å²) in [6.45, 7) is 2.39. The number of phenols is 1. The monoisotopic (exact) mass is 262 g/mol. The van der Waals surface area contributed by atoms with Gasteiger partial charge in [-0.25, -0.2) is 4.79 Å². The number of aromatic carboxylic acids is 1. The van der Waals surface area contributed by atoms with E-state index in [0.29, 0.717) is 18.0 Å². The van der Waals surface area contributed by atoms with Crippen LogP contribution in [0.1, 0.15) is 23.1 Å². The highest BCUT2D eigenvalue weighted by Crippen LogP contribution is 2.25. The molecule has 2 aromatic rings. The first-order valence-electron chi connectivity index (χ1n) is 5.82. The number of para-hydroxylation sites is 2. The average Bonchev–Trinajstić information content (AvgIpc) is 2.81. The first-order chi connectivity index (χ1) is 9.11. The van der Waals surface area contributed by atoms with Crippen molar-refractivity contribution in [3.05, 3.63) is 41.7 Å². The zero-order valence-corrected chi connectivity index (χ0v) is 10.4. The second kappa shape index (κ2) is 5.43. The Hall–Kier alpha value is -2.50. The summed E-state index contributed by atoms with van der Waals surface area (Å²) < 4.78 is 6.79. The van der Waals surface area contributed by atoms with E-state index in [4.69, 9.17) is 9.84 Å². The minimum atomic E-state index is -1.02. The van der Waals surface area contributed by atoms with Crippen molar-refractivity contribution >= 4 is 5.97 Å². The van der Waals surface area contributed by atoms with Gasteiger partial charge in [0, 0.05) is 6.54 Å². The molecular formula is C13H14N2O4. The van der Waals surface area contributed by atoms with E-state index in [0.717, 1.165) is 0 Å². The SMILES string of the molecule is CCn1nc(COc2ccccc2O)cc1C(=O)O. The molecular weight excluding hydrogens is 248 g/mol. The number of aromatic nitrogens is 2. The lowest BCUT2D eigenvalue weighted by Crippen LogP contribution is -2.08. The maximum Gasteiger partial charge on any atom is 0.354 e. The van der Waals surface area contributed by atoms with E-state index in [1.807, 2.05) is 6.92 Å². The Kier molecular flexibility index (Phi) is 3.70. The molecule has 0 spiro atoms. The van der Waals surface area contributed by atoms with Crippen LogP contribution in [0.25, 0.3) is 0 Å². The molecule has 19 heavy (non-hydrogen) atoms. The van der Waals surface area contributed by atoms with Gasteiger partial charge in [0.2, 0.25) is 0 Å². The van der Waals surface area contributed by atoms with Crippen molar-refractivity contribution in [1.82, 2.24) is 9.78 Å². The summed E-state index contributed by atoms with van der Waals surface area (Å²) in [5.74, 6) is -0.649. The fourth-order valence-corrected chi connectivity index (χ4v) is 1.68. The molecule has 6 nitrogen and oxygen atoms in total. The van der Waals surface area contributed by atoms with Gasteiger partial charge in [-0.3, -0.25) is 4.68 Å². The lowest BCUT2D eigenvalue weighted by atomic mass is 10.3. The molecule has 0 aliphatic heterocycles. The van der Waals surface area contributed by atoms with Crippen molar-refractivity contribution in [1.29, 1.82) is 0 Å². The molecule has 0 atom stereocenters. The van der Waals surface area contributed by atoms with Crippen LogP contribution in [0.5, 0.6) is 11.5 Å². The van der Waals surface area contributed by atoms with Crippen LogP contribution in [0.15, 0.2) is 30.3 Å². The largest absolute Gasteiger partial charge is 0.504 e. The van der Waals surface area contributed by atoms with Crippen molar-refractivity contribution in [3.8, 4) is 11.5 Å². The molecule has 0 unspecified atom stereocenters. The zero-order chi connectivity index (χ0) is 13.8. The van der Waals surface area contributed by atoms with E-state index in [1.165, 1.54) is 16.8 Å². The number of carboxylic acid groups (broad SMARTS) is 1. The Labute approximate surface area is 109 Å². The van der Waals surface area contributed by atoms with Crippen molar-refractivity contribution < 1.29 is 19.7 Å². The Bertz CT molecular complexity index is 592. The van der Waals surface area contributed by atoms with Crippen LogP contribution in [-0.2, 0) is 13.2 Å². The number of hydrogen-bond donors (Lipinski definition) is 2. The van der Waals surface area contributed by atoms with Gasteiger partial charge in [0.25, 0.3) is 0 Å². The van der Waals surface area contributed by atoms with Gasteiger partial charge in [-0.15, -0.1) is 0 Å². The van der Waals surface area contributed by atoms with Gasteiger partial charge in [0.1, 0.15) is 18.0 Å². The molecule has 0 radical (unpaired) electrons. The molecule has 0 saturated heterocycles. The Morgan fingerprint density at radius 3 is 2.74 bits per heavy atom. The fraction of sp³-hybridized carbons (Fsp3) is 0.231. The number of phenolic OH excluding ortho intramolecular Hbond substituents is 1. The van der Waals surface area contributed by atoms with Gasteiger partial charge in [-0.05, 0) is 25.1 Å². The average molecular weight is 262 g/mol. The molecule has 0 saturated carbocycles. The number of aryl methyl sites for hydroxylation is 1. The van der Waals surface area contributed by atoms with Crippen LogP contribution < -0.4 is 4.74 Å². The third kappa shape index (κ3) is 2.85. The molecule has 1 heterocycles. The Morgan fingerprint density at radius 2 is 2.16 bits per heavy atom. The lowest BCUT2D eigenvalue weighted by Gasteiger charge is -2.05. The number of nitrogens with zero attached hydrogens (tertiary/aromatic N) is 2. The molecule has 0 aliphatic rings. The van der Waals surface area contributed by atoms with E-state index in [-0.39, 0.29) is 18.1 Å². The standard InChI is InChI=1S/C13H14N2O4/c1-2-15-10(13(17)18)7-9(14-15)8-19-12-6-4-3-5-11(12)16/h3-7,16H,2,8H2,1H3,(H,17,18). The van der Waals surface area contributed by atoms with Gasteiger partial charge in [0.05, 0.1) is 0 Å². The second-order valence-electron chi connectivity index (χ2n) is 3.90. The summed E-state index contributed by atoms with van der Waals surface area (Å²) in [7, 11) is 0. The zero-order valence-electron chi connectivity index (χ0n) is 10.4. The minimum Gasteiger partial charge on any atom is -0.504 e. The number of carbonyl (C=O) groups is 1. The van der Waals surface area contributed by atoms with Crippen LogP contribution in [0.3, 0.4) is 0 Å². The second-order valence-corrected chi connectivity index (χ2v) is 3.90. The smallest absolute Gasteiger partial charge is 0.354 e. The summed E-state index contributed by atoms with van der Waals surface area (Å²) in [6, 6.07) is 8.04. The molecule has 0 bridgehead atoms. The number of rotatable bonds is 5. The quantitative estimate of drug-likeness (QED) is 0.859. The molecule has 6 heteroatoms. The van der Waals surface area contributed by atoms with Gasteiger partial charge in [0.15, 0.2) is 11.5 Å². The lowest BCUT2D eigenvalue weighted by molar-refractivity contribution is 0.0683. The summed E-state index contributed by atoms with van der Waals surface area (Å²) in [5.41, 5.74) is 0.626. The number of ether oxygens (including phenoxy) is 1. The third-order valence-electron chi connectivity index (χ3n) is 2.59. The van der Waals surface area contributed by atoms with E-state index in [2.05, 4.69) is 5.10 Å². The summed E-state index contributed by atoms with van der Waals surface area (Å²) in [4.78, 5) is 11.0. The number of aromatic hydroxyl groups is 1. The maximum absolute atomic E-state index is 11.0. The molecule has 2 rings (SSSR count). The van der Waals surface area contributed by atoms with Crippen LogP contribution in [0, 0.1) is 0 Å². The highest BCUT2D eigenvalue weighted by atomic mass is 16.5. The molecule has 0 aliphatic carbocycles. The number of carboxylic acids is 1. The van der Waals surface area contributed by atoms with Crippen molar-refractivity contribution in [2.24, 2.45) is 0 Å². The first-order valence-corrected chi connectivity index (χ1v) is 5.82. The molecule has 0 fully saturated rings.